The first kappa shape index (κ1) is 17.6. The van der Waals surface area contributed by atoms with Gasteiger partial charge in [0.05, 0.1) is 21.3 Å². The van der Waals surface area contributed by atoms with Crippen molar-refractivity contribution in [3.8, 4) is 28.5 Å². The van der Waals surface area contributed by atoms with Gasteiger partial charge in [-0.3, -0.25) is 4.98 Å². The third kappa shape index (κ3) is 3.16. The highest BCUT2D eigenvalue weighted by atomic mass is 16.5. The van der Waals surface area contributed by atoms with Crippen molar-refractivity contribution >= 4 is 17.3 Å². The molecule has 0 fully saturated rings. The number of methoxy groups -OCH3 is 3. The second-order valence-electron chi connectivity index (χ2n) is 5.88. The average Bonchev–Trinajstić information content (AvgIpc) is 3.15. The van der Waals surface area contributed by atoms with Crippen molar-refractivity contribution in [3.63, 3.8) is 0 Å². The van der Waals surface area contributed by atoms with Gasteiger partial charge >= 0.3 is 0 Å². The van der Waals surface area contributed by atoms with Gasteiger partial charge in [0.2, 0.25) is 11.7 Å². The zero-order valence-electron chi connectivity index (χ0n) is 15.7. The van der Waals surface area contributed by atoms with E-state index in [4.69, 9.17) is 14.2 Å². The Labute approximate surface area is 161 Å². The lowest BCUT2D eigenvalue weighted by molar-refractivity contribution is 0.324. The number of hydrogen-bond donors (Lipinski definition) is 1. The van der Waals surface area contributed by atoms with Gasteiger partial charge in [-0.1, -0.05) is 30.3 Å². The van der Waals surface area contributed by atoms with Gasteiger partial charge < -0.3 is 19.5 Å². The molecule has 2 heterocycles. The Kier molecular flexibility index (Phi) is 4.67. The molecule has 0 spiro atoms. The van der Waals surface area contributed by atoms with Crippen molar-refractivity contribution in [2.24, 2.45) is 0 Å². The molecule has 0 aliphatic carbocycles. The molecule has 4 rings (SSSR count). The van der Waals surface area contributed by atoms with E-state index in [2.05, 4.69) is 20.4 Å². The molecule has 0 aliphatic rings. The Balaban J connectivity index is 1.73. The highest BCUT2D eigenvalue weighted by molar-refractivity contribution is 5.74. The summed E-state index contributed by atoms with van der Waals surface area (Å²) in [5, 5.41) is 7.68. The average molecular weight is 377 g/mol. The first-order valence-corrected chi connectivity index (χ1v) is 8.57. The summed E-state index contributed by atoms with van der Waals surface area (Å²) >= 11 is 0. The minimum absolute atomic E-state index is 0.430. The van der Waals surface area contributed by atoms with E-state index >= 15 is 0 Å². The molecule has 0 saturated heterocycles. The molecule has 0 unspecified atom stereocenters. The van der Waals surface area contributed by atoms with E-state index in [1.165, 1.54) is 0 Å². The number of nitrogens with one attached hydrogen (secondary N) is 1. The zero-order valence-corrected chi connectivity index (χ0v) is 15.7. The maximum Gasteiger partial charge on any atom is 0.247 e. The Morgan fingerprint density at radius 2 is 1.64 bits per heavy atom. The lowest BCUT2D eigenvalue weighted by atomic mass is 10.1. The van der Waals surface area contributed by atoms with Crippen molar-refractivity contribution in [2.75, 3.05) is 26.6 Å². The summed E-state index contributed by atoms with van der Waals surface area (Å²) in [7, 11) is 4.71. The number of aromatic nitrogens is 4. The molecule has 1 N–H and O–H groups in total. The molecular weight excluding hydrogens is 358 g/mol. The molecule has 2 aromatic heterocycles. The quantitative estimate of drug-likeness (QED) is 0.550. The molecule has 0 saturated carbocycles. The van der Waals surface area contributed by atoms with Gasteiger partial charge in [-0.2, -0.15) is 4.98 Å². The minimum Gasteiger partial charge on any atom is -0.493 e. The lowest BCUT2D eigenvalue weighted by Gasteiger charge is -2.14. The summed E-state index contributed by atoms with van der Waals surface area (Å²) in [5.74, 6) is 2.04. The maximum absolute atomic E-state index is 5.39. The largest absolute Gasteiger partial charge is 0.493 e. The van der Waals surface area contributed by atoms with Gasteiger partial charge in [-0.25, -0.2) is 4.52 Å². The van der Waals surface area contributed by atoms with Gasteiger partial charge in [0.15, 0.2) is 17.1 Å². The second-order valence-corrected chi connectivity index (χ2v) is 5.88. The number of ether oxygens (including phenoxy) is 3. The molecule has 4 aromatic rings. The zero-order chi connectivity index (χ0) is 19.5. The molecule has 8 nitrogen and oxygen atoms in total. The number of anilines is 2. The Bertz CT molecular complexity index is 1090. The van der Waals surface area contributed by atoms with Crippen LogP contribution in [0.2, 0.25) is 0 Å². The first-order chi connectivity index (χ1) is 13.7. The van der Waals surface area contributed by atoms with Crippen LogP contribution >= 0.6 is 0 Å². The lowest BCUT2D eigenvalue weighted by Crippen LogP contribution is -1.98. The Hall–Kier alpha value is -3.81. The van der Waals surface area contributed by atoms with Crippen molar-refractivity contribution in [2.45, 2.75) is 0 Å². The number of rotatable bonds is 6. The molecule has 2 aromatic carbocycles. The first-order valence-electron chi connectivity index (χ1n) is 8.57. The summed E-state index contributed by atoms with van der Waals surface area (Å²) in [5.41, 5.74) is 3.09. The topological polar surface area (TPSA) is 82.8 Å². The fourth-order valence-corrected chi connectivity index (χ4v) is 2.95. The monoisotopic (exact) mass is 377 g/mol. The van der Waals surface area contributed by atoms with Crippen molar-refractivity contribution < 1.29 is 14.2 Å². The Morgan fingerprint density at radius 3 is 2.29 bits per heavy atom. The molecule has 0 aliphatic heterocycles. The van der Waals surface area contributed by atoms with Crippen LogP contribution in [0.4, 0.5) is 11.6 Å². The van der Waals surface area contributed by atoms with Crippen molar-refractivity contribution in [1.29, 1.82) is 0 Å². The smallest absolute Gasteiger partial charge is 0.247 e. The van der Waals surface area contributed by atoms with Crippen LogP contribution in [0.5, 0.6) is 17.2 Å². The van der Waals surface area contributed by atoms with Crippen LogP contribution in [0.3, 0.4) is 0 Å². The van der Waals surface area contributed by atoms with Crippen molar-refractivity contribution in [3.05, 3.63) is 54.9 Å². The van der Waals surface area contributed by atoms with E-state index in [0.717, 1.165) is 11.3 Å². The van der Waals surface area contributed by atoms with Crippen LogP contribution < -0.4 is 19.5 Å². The fourth-order valence-electron chi connectivity index (χ4n) is 2.95. The highest BCUT2D eigenvalue weighted by Gasteiger charge is 2.15. The fraction of sp³-hybridized carbons (Fsp3) is 0.150. The number of fused-ring (bicyclic) bond motifs is 1. The van der Waals surface area contributed by atoms with Crippen LogP contribution in [-0.4, -0.2) is 40.9 Å². The number of nitrogens with zero attached hydrogens (tertiary/aromatic N) is 4. The van der Waals surface area contributed by atoms with E-state index in [0.29, 0.717) is 34.5 Å². The highest BCUT2D eigenvalue weighted by Crippen LogP contribution is 2.40. The molecule has 8 heteroatoms. The van der Waals surface area contributed by atoms with Gasteiger partial charge in [-0.05, 0) is 0 Å². The normalized spacial score (nSPS) is 10.7. The van der Waals surface area contributed by atoms with Crippen LogP contribution in [-0.2, 0) is 0 Å². The van der Waals surface area contributed by atoms with Crippen LogP contribution in [0.15, 0.2) is 54.9 Å². The molecule has 0 radical (unpaired) electrons. The van der Waals surface area contributed by atoms with Gasteiger partial charge in [0.1, 0.15) is 5.69 Å². The predicted octanol–water partition coefficient (Wildman–Crippen LogP) is 3.56. The van der Waals surface area contributed by atoms with Crippen LogP contribution in [0.25, 0.3) is 16.9 Å². The van der Waals surface area contributed by atoms with Crippen LogP contribution in [0.1, 0.15) is 0 Å². The van der Waals surface area contributed by atoms with E-state index in [1.54, 1.807) is 50.4 Å². The van der Waals surface area contributed by atoms with E-state index in [9.17, 15) is 0 Å². The molecule has 28 heavy (non-hydrogen) atoms. The van der Waals surface area contributed by atoms with E-state index in [1.807, 2.05) is 30.3 Å². The summed E-state index contributed by atoms with van der Waals surface area (Å²) < 4.78 is 17.8. The summed E-state index contributed by atoms with van der Waals surface area (Å²) in [6.07, 6.45) is 3.46. The molecular formula is C20H19N5O3. The number of benzene rings is 2. The molecule has 142 valence electrons. The van der Waals surface area contributed by atoms with Gasteiger partial charge in [0, 0.05) is 35.8 Å². The predicted molar refractivity (Wildman–Crippen MR) is 106 cm³/mol. The Morgan fingerprint density at radius 1 is 0.929 bits per heavy atom. The van der Waals surface area contributed by atoms with Crippen molar-refractivity contribution in [1.82, 2.24) is 19.6 Å². The molecule has 0 amide bonds. The van der Waals surface area contributed by atoms with Crippen LogP contribution in [0, 0.1) is 0 Å². The third-order valence-electron chi connectivity index (χ3n) is 4.22. The summed E-state index contributed by atoms with van der Waals surface area (Å²) in [6.45, 7) is 0. The van der Waals surface area contributed by atoms with Gasteiger partial charge in [-0.15, -0.1) is 5.10 Å². The third-order valence-corrected chi connectivity index (χ3v) is 4.22. The maximum atomic E-state index is 5.39. The SMILES string of the molecule is COc1cc(Nc2nc3c(-c4ccccc4)nccn3n2)cc(OC)c1OC. The summed E-state index contributed by atoms with van der Waals surface area (Å²) in [6, 6.07) is 13.5. The van der Waals surface area contributed by atoms with E-state index < -0.39 is 0 Å². The van der Waals surface area contributed by atoms with Gasteiger partial charge in [0.25, 0.3) is 0 Å². The molecule has 0 atom stereocenters. The summed E-state index contributed by atoms with van der Waals surface area (Å²) in [4.78, 5) is 9.07. The molecule has 0 bridgehead atoms. The number of hydrogen-bond acceptors (Lipinski definition) is 7. The minimum atomic E-state index is 0.430. The second kappa shape index (κ2) is 7.43. The van der Waals surface area contributed by atoms with E-state index in [-0.39, 0.29) is 0 Å². The standard InChI is InChI=1S/C20H19N5O3/c1-26-15-11-14(12-16(27-2)18(15)28-3)22-20-23-19-17(13-7-5-4-6-8-13)21-9-10-25(19)24-20/h4-12H,1-3H3,(H,22,24).